The van der Waals surface area contributed by atoms with E-state index in [1.165, 1.54) is 0 Å². The second-order valence-electron chi connectivity index (χ2n) is 7.29. The summed E-state index contributed by atoms with van der Waals surface area (Å²) in [4.78, 5) is 34.8. The van der Waals surface area contributed by atoms with Gasteiger partial charge in [0.2, 0.25) is 0 Å². The lowest BCUT2D eigenvalue weighted by Crippen LogP contribution is -2.49. The number of hydrogen-bond donors (Lipinski definition) is 1. The molecule has 0 spiro atoms. The lowest BCUT2D eigenvalue weighted by molar-refractivity contribution is -0.147. The standard InChI is InChI=1S/C23H28O8Si/c1-16(24)29-32(30-17(2)25,31-18(3)26)13-5-6-21-14-22(27)11-12-23(21)20-9-7-19(8-10-20)15-28-4/h7-12,14,27H,5-6,13,15H2,1-4H3. The van der Waals surface area contributed by atoms with E-state index in [0.717, 1.165) is 43.0 Å². The first-order chi connectivity index (χ1) is 15.1. The van der Waals surface area contributed by atoms with Crippen molar-refractivity contribution in [2.75, 3.05) is 7.11 Å². The molecule has 0 atom stereocenters. The number of benzene rings is 2. The number of phenolic OH excluding ortho intramolecular Hbond substituents is 1. The molecule has 0 heterocycles. The van der Waals surface area contributed by atoms with Crippen molar-refractivity contribution >= 4 is 26.7 Å². The van der Waals surface area contributed by atoms with Gasteiger partial charge in [-0.2, -0.15) is 0 Å². The van der Waals surface area contributed by atoms with Crippen LogP contribution < -0.4 is 0 Å². The van der Waals surface area contributed by atoms with Gasteiger partial charge in [-0.25, -0.2) is 0 Å². The quantitative estimate of drug-likeness (QED) is 0.534. The number of rotatable bonds is 10. The van der Waals surface area contributed by atoms with Crippen LogP contribution in [0, 0.1) is 0 Å². The summed E-state index contributed by atoms with van der Waals surface area (Å²) >= 11 is 0. The Morgan fingerprint density at radius 3 is 1.94 bits per heavy atom. The monoisotopic (exact) mass is 460 g/mol. The van der Waals surface area contributed by atoms with Gasteiger partial charge in [0.05, 0.1) is 12.7 Å². The number of methoxy groups -OCH3 is 1. The number of hydrogen-bond acceptors (Lipinski definition) is 8. The van der Waals surface area contributed by atoms with Gasteiger partial charge < -0.3 is 23.1 Å². The third-order valence-corrected chi connectivity index (χ3v) is 7.25. The summed E-state index contributed by atoms with van der Waals surface area (Å²) in [5, 5.41) is 10.00. The van der Waals surface area contributed by atoms with Crippen molar-refractivity contribution in [3.63, 3.8) is 0 Å². The minimum Gasteiger partial charge on any atom is -0.508 e. The summed E-state index contributed by atoms with van der Waals surface area (Å²) in [6.45, 7) is 4.00. The number of ether oxygens (including phenoxy) is 1. The van der Waals surface area contributed by atoms with Crippen LogP contribution in [-0.2, 0) is 45.4 Å². The van der Waals surface area contributed by atoms with Gasteiger partial charge in [0, 0.05) is 27.9 Å². The number of phenols is 1. The molecule has 0 fully saturated rings. The van der Waals surface area contributed by atoms with Crippen LogP contribution in [0.4, 0.5) is 0 Å². The minimum atomic E-state index is -3.89. The van der Waals surface area contributed by atoms with Crippen LogP contribution in [0.25, 0.3) is 11.1 Å². The molecule has 32 heavy (non-hydrogen) atoms. The summed E-state index contributed by atoms with van der Waals surface area (Å²) in [5.41, 5.74) is 3.77. The maximum atomic E-state index is 11.6. The topological polar surface area (TPSA) is 108 Å². The van der Waals surface area contributed by atoms with Crippen LogP contribution in [0.1, 0.15) is 38.3 Å². The van der Waals surface area contributed by atoms with Crippen LogP contribution in [0.5, 0.6) is 5.75 Å². The Hall–Kier alpha value is -3.17. The van der Waals surface area contributed by atoms with Crippen LogP contribution in [0.3, 0.4) is 0 Å². The van der Waals surface area contributed by atoms with E-state index in [4.69, 9.17) is 18.0 Å². The van der Waals surface area contributed by atoms with Gasteiger partial charge in [-0.05, 0) is 47.2 Å². The zero-order valence-electron chi connectivity index (χ0n) is 18.7. The van der Waals surface area contributed by atoms with E-state index in [9.17, 15) is 19.5 Å². The molecule has 0 radical (unpaired) electrons. The van der Waals surface area contributed by atoms with E-state index in [1.807, 2.05) is 30.3 Å². The Labute approximate surface area is 188 Å². The average molecular weight is 461 g/mol. The van der Waals surface area contributed by atoms with Crippen molar-refractivity contribution in [2.45, 2.75) is 46.3 Å². The molecule has 1 N–H and O–H groups in total. The molecule has 9 heteroatoms. The van der Waals surface area contributed by atoms with Gasteiger partial charge in [-0.1, -0.05) is 30.3 Å². The van der Waals surface area contributed by atoms with E-state index < -0.39 is 26.7 Å². The summed E-state index contributed by atoms with van der Waals surface area (Å²) in [7, 11) is -2.25. The molecule has 2 aromatic carbocycles. The highest BCUT2D eigenvalue weighted by Gasteiger charge is 2.51. The van der Waals surface area contributed by atoms with Crippen LogP contribution in [-0.4, -0.2) is 38.9 Å². The molecule has 0 saturated heterocycles. The Morgan fingerprint density at radius 1 is 0.875 bits per heavy atom. The Balaban J connectivity index is 2.25. The fraction of sp³-hybridized carbons (Fsp3) is 0.348. The third kappa shape index (κ3) is 7.51. The van der Waals surface area contributed by atoms with E-state index >= 15 is 0 Å². The molecular formula is C23H28O8Si. The van der Waals surface area contributed by atoms with Crippen molar-refractivity contribution in [1.82, 2.24) is 0 Å². The molecule has 0 aliphatic carbocycles. The molecule has 0 aliphatic heterocycles. The number of carbonyl (C=O) groups excluding carboxylic acids is 3. The average Bonchev–Trinajstić information content (AvgIpc) is 2.67. The SMILES string of the molecule is COCc1ccc(-c2ccc(O)cc2CCC[Si](OC(C)=O)(OC(C)=O)OC(C)=O)cc1. The van der Waals surface area contributed by atoms with E-state index in [1.54, 1.807) is 19.2 Å². The number of carbonyl (C=O) groups is 3. The molecule has 0 saturated carbocycles. The van der Waals surface area contributed by atoms with Crippen LogP contribution >= 0.6 is 0 Å². The molecule has 0 aromatic heterocycles. The van der Waals surface area contributed by atoms with Gasteiger partial charge in [-0.3, -0.25) is 14.4 Å². The highest BCUT2D eigenvalue weighted by molar-refractivity contribution is 6.65. The third-order valence-electron chi connectivity index (χ3n) is 4.49. The number of aromatic hydroxyl groups is 1. The molecule has 0 bridgehead atoms. The predicted octanol–water partition coefficient (Wildman–Crippen LogP) is 3.77. The Morgan fingerprint density at radius 2 is 1.44 bits per heavy atom. The van der Waals surface area contributed by atoms with Gasteiger partial charge >= 0.3 is 8.80 Å². The highest BCUT2D eigenvalue weighted by Crippen LogP contribution is 2.30. The van der Waals surface area contributed by atoms with Gasteiger partial charge in [-0.15, -0.1) is 0 Å². The smallest absolute Gasteiger partial charge is 0.508 e. The minimum absolute atomic E-state index is 0.0631. The predicted molar refractivity (Wildman–Crippen MR) is 118 cm³/mol. The molecule has 0 unspecified atom stereocenters. The molecular weight excluding hydrogens is 432 g/mol. The van der Waals surface area contributed by atoms with Gasteiger partial charge in [0.15, 0.2) is 0 Å². The second-order valence-corrected chi connectivity index (χ2v) is 9.77. The molecule has 8 nitrogen and oxygen atoms in total. The normalized spacial score (nSPS) is 11.0. The van der Waals surface area contributed by atoms with Crippen LogP contribution in [0.15, 0.2) is 42.5 Å². The lowest BCUT2D eigenvalue weighted by Gasteiger charge is -2.26. The number of aryl methyl sites for hydroxylation is 1. The maximum Gasteiger partial charge on any atom is 0.705 e. The van der Waals surface area contributed by atoms with Gasteiger partial charge in [0.25, 0.3) is 17.9 Å². The molecule has 2 aromatic rings. The zero-order chi connectivity index (χ0) is 23.7. The Kier molecular flexibility index (Phi) is 8.98. The summed E-state index contributed by atoms with van der Waals surface area (Å²) in [6.07, 6.45) is 0.848. The van der Waals surface area contributed by atoms with Crippen molar-refractivity contribution < 1.29 is 37.5 Å². The molecule has 0 aliphatic rings. The molecule has 0 amide bonds. The van der Waals surface area contributed by atoms with E-state index in [-0.39, 0.29) is 11.8 Å². The van der Waals surface area contributed by atoms with Crippen molar-refractivity contribution in [2.24, 2.45) is 0 Å². The fourth-order valence-corrected chi connectivity index (χ4v) is 5.74. The summed E-state index contributed by atoms with van der Waals surface area (Å²) < 4.78 is 20.8. The second kappa shape index (κ2) is 11.4. The van der Waals surface area contributed by atoms with Crippen molar-refractivity contribution in [1.29, 1.82) is 0 Å². The Bertz CT molecular complexity index is 914. The van der Waals surface area contributed by atoms with Crippen molar-refractivity contribution in [3.8, 4) is 16.9 Å². The van der Waals surface area contributed by atoms with Crippen molar-refractivity contribution in [3.05, 3.63) is 53.6 Å². The van der Waals surface area contributed by atoms with Crippen LogP contribution in [0.2, 0.25) is 6.04 Å². The van der Waals surface area contributed by atoms with E-state index in [2.05, 4.69) is 0 Å². The molecule has 2 rings (SSSR count). The fourth-order valence-electron chi connectivity index (χ4n) is 3.38. The first-order valence-corrected chi connectivity index (χ1v) is 12.1. The first-order valence-electron chi connectivity index (χ1n) is 10.1. The summed E-state index contributed by atoms with van der Waals surface area (Å²) in [6, 6.07) is 13.0. The highest BCUT2D eigenvalue weighted by atomic mass is 28.4. The van der Waals surface area contributed by atoms with E-state index in [0.29, 0.717) is 19.4 Å². The molecule has 172 valence electrons. The maximum absolute atomic E-state index is 11.6. The zero-order valence-corrected chi connectivity index (χ0v) is 19.7. The van der Waals surface area contributed by atoms with Gasteiger partial charge in [0.1, 0.15) is 5.75 Å². The largest absolute Gasteiger partial charge is 0.705 e. The lowest BCUT2D eigenvalue weighted by atomic mass is 9.96. The first kappa shape index (κ1) is 25.1. The summed E-state index contributed by atoms with van der Waals surface area (Å²) in [5.74, 6) is -1.99.